The first-order valence-corrected chi connectivity index (χ1v) is 9.59. The molecule has 1 unspecified atom stereocenters. The smallest absolute Gasteiger partial charge is 0.337 e. The van der Waals surface area contributed by atoms with Crippen LogP contribution < -0.4 is 4.90 Å². The lowest BCUT2D eigenvalue weighted by Gasteiger charge is -2.19. The predicted molar refractivity (Wildman–Crippen MR) is 85.6 cm³/mol. The summed E-state index contributed by atoms with van der Waals surface area (Å²) in [7, 11) is 2.85. The highest BCUT2D eigenvalue weighted by Gasteiger charge is 2.34. The lowest BCUT2D eigenvalue weighted by molar-refractivity contribution is -0.117. The molecule has 0 bridgehead atoms. The van der Waals surface area contributed by atoms with Crippen molar-refractivity contribution in [2.45, 2.75) is 6.42 Å². The fraction of sp³-hybridized carbons (Fsp3) is 0.385. The molecule has 1 atom stereocenters. The molecular formula is C13H13BrClNO5S. The van der Waals surface area contributed by atoms with Crippen molar-refractivity contribution >= 4 is 53.2 Å². The van der Waals surface area contributed by atoms with E-state index in [9.17, 15) is 18.0 Å². The molecule has 2 rings (SSSR count). The maximum absolute atomic E-state index is 12.1. The molecule has 0 aromatic heterocycles. The molecule has 22 heavy (non-hydrogen) atoms. The largest absolute Gasteiger partial charge is 0.465 e. The highest BCUT2D eigenvalue weighted by Crippen LogP contribution is 2.33. The van der Waals surface area contributed by atoms with Crippen molar-refractivity contribution in [2.24, 2.45) is 5.92 Å². The van der Waals surface area contributed by atoms with E-state index < -0.39 is 15.0 Å². The number of esters is 1. The predicted octanol–water partition coefficient (Wildman–Crippen LogP) is 2.16. The Kier molecular flexibility index (Phi) is 5.14. The average Bonchev–Trinajstić information content (AvgIpc) is 2.76. The minimum atomic E-state index is -3.66. The van der Waals surface area contributed by atoms with Crippen LogP contribution in [0.4, 0.5) is 5.69 Å². The van der Waals surface area contributed by atoms with E-state index in [4.69, 9.17) is 10.7 Å². The molecule has 0 aliphatic carbocycles. The van der Waals surface area contributed by atoms with Crippen molar-refractivity contribution in [2.75, 3.05) is 24.3 Å². The molecule has 1 saturated heterocycles. The number of hydrogen-bond acceptors (Lipinski definition) is 5. The van der Waals surface area contributed by atoms with E-state index in [1.165, 1.54) is 18.1 Å². The summed E-state index contributed by atoms with van der Waals surface area (Å²) in [6, 6.07) is 4.74. The molecule has 1 aromatic rings. The Morgan fingerprint density at radius 3 is 2.77 bits per heavy atom. The second-order valence-corrected chi connectivity index (χ2v) is 8.61. The Labute approximate surface area is 140 Å². The lowest BCUT2D eigenvalue weighted by atomic mass is 10.1. The van der Waals surface area contributed by atoms with Gasteiger partial charge in [-0.3, -0.25) is 4.79 Å². The van der Waals surface area contributed by atoms with Gasteiger partial charge in [-0.2, -0.15) is 0 Å². The molecule has 1 aliphatic rings. The summed E-state index contributed by atoms with van der Waals surface area (Å²) in [5.74, 6) is -1.36. The van der Waals surface area contributed by atoms with Gasteiger partial charge in [0.25, 0.3) is 0 Å². The quantitative estimate of drug-likeness (QED) is 0.561. The first-order chi connectivity index (χ1) is 10.2. The summed E-state index contributed by atoms with van der Waals surface area (Å²) in [5, 5.41) is 0. The molecule has 120 valence electrons. The normalized spacial score (nSPS) is 18.6. The van der Waals surface area contributed by atoms with E-state index in [0.29, 0.717) is 15.7 Å². The monoisotopic (exact) mass is 409 g/mol. The fourth-order valence-electron chi connectivity index (χ4n) is 2.37. The summed E-state index contributed by atoms with van der Waals surface area (Å²) in [6.45, 7) is 0.230. The van der Waals surface area contributed by atoms with Crippen LogP contribution in [0.3, 0.4) is 0 Å². The number of hydrogen-bond donors (Lipinski definition) is 0. The summed E-state index contributed by atoms with van der Waals surface area (Å²) < 4.78 is 27.6. The van der Waals surface area contributed by atoms with Crippen LogP contribution in [0.1, 0.15) is 16.8 Å². The fourth-order valence-corrected chi connectivity index (χ4v) is 4.15. The van der Waals surface area contributed by atoms with Crippen LogP contribution in [0.25, 0.3) is 0 Å². The maximum Gasteiger partial charge on any atom is 0.337 e. The summed E-state index contributed by atoms with van der Waals surface area (Å²) in [6.07, 6.45) is 0.0981. The molecule has 0 saturated carbocycles. The van der Waals surface area contributed by atoms with Gasteiger partial charge in [-0.1, -0.05) is 0 Å². The van der Waals surface area contributed by atoms with Gasteiger partial charge in [-0.15, -0.1) is 0 Å². The number of carbonyl (C=O) groups is 2. The molecule has 0 spiro atoms. The van der Waals surface area contributed by atoms with E-state index in [-0.39, 0.29) is 30.5 Å². The number of rotatable bonds is 4. The number of methoxy groups -OCH3 is 1. The Balaban J connectivity index is 2.28. The van der Waals surface area contributed by atoms with Crippen LogP contribution in [-0.2, 0) is 18.6 Å². The van der Waals surface area contributed by atoms with E-state index in [1.54, 1.807) is 12.1 Å². The van der Waals surface area contributed by atoms with Gasteiger partial charge in [0.15, 0.2) is 0 Å². The van der Waals surface area contributed by atoms with E-state index >= 15 is 0 Å². The number of carbonyl (C=O) groups excluding carboxylic acids is 2. The minimum Gasteiger partial charge on any atom is -0.465 e. The summed E-state index contributed by atoms with van der Waals surface area (Å²) in [5.41, 5.74) is 0.810. The second-order valence-electron chi connectivity index (χ2n) is 4.94. The molecule has 1 amide bonds. The second kappa shape index (κ2) is 6.55. The third kappa shape index (κ3) is 3.99. The van der Waals surface area contributed by atoms with Crippen molar-refractivity contribution in [1.82, 2.24) is 0 Å². The lowest BCUT2D eigenvalue weighted by Crippen LogP contribution is -2.26. The van der Waals surface area contributed by atoms with E-state index in [2.05, 4.69) is 20.7 Å². The zero-order valence-corrected chi connectivity index (χ0v) is 14.7. The average molecular weight is 411 g/mol. The molecule has 6 nitrogen and oxygen atoms in total. The first kappa shape index (κ1) is 17.2. The van der Waals surface area contributed by atoms with Crippen LogP contribution in [0.2, 0.25) is 0 Å². The topological polar surface area (TPSA) is 80.8 Å². The zero-order chi connectivity index (χ0) is 16.5. The van der Waals surface area contributed by atoms with Crippen molar-refractivity contribution in [3.63, 3.8) is 0 Å². The number of benzene rings is 1. The zero-order valence-electron chi connectivity index (χ0n) is 11.6. The van der Waals surface area contributed by atoms with E-state index in [0.717, 1.165) is 0 Å². The third-order valence-corrected chi connectivity index (χ3v) is 5.22. The molecule has 0 radical (unpaired) electrons. The number of nitrogens with zero attached hydrogens (tertiary/aromatic N) is 1. The van der Waals surface area contributed by atoms with Crippen LogP contribution in [0, 0.1) is 5.92 Å². The van der Waals surface area contributed by atoms with Gasteiger partial charge in [0.2, 0.25) is 15.0 Å². The Hall–Kier alpha value is -1.12. The maximum atomic E-state index is 12.1. The Morgan fingerprint density at radius 1 is 1.50 bits per heavy atom. The highest BCUT2D eigenvalue weighted by molar-refractivity contribution is 9.10. The van der Waals surface area contributed by atoms with Crippen LogP contribution in [0.15, 0.2) is 22.7 Å². The molecule has 1 heterocycles. The van der Waals surface area contributed by atoms with Gasteiger partial charge >= 0.3 is 5.97 Å². The van der Waals surface area contributed by atoms with Crippen molar-refractivity contribution in [1.29, 1.82) is 0 Å². The van der Waals surface area contributed by atoms with Gasteiger partial charge in [0.1, 0.15) is 0 Å². The third-order valence-electron chi connectivity index (χ3n) is 3.30. The number of halogens is 2. The standard InChI is InChI=1S/C13H13BrClNO5S/c1-21-13(18)9-2-3-10(14)11(5-9)16-6-8(4-12(16)17)7-22(15,19)20/h2-3,5,8H,4,6-7H2,1H3. The summed E-state index contributed by atoms with van der Waals surface area (Å²) in [4.78, 5) is 25.2. The van der Waals surface area contributed by atoms with Crippen LogP contribution in [0.5, 0.6) is 0 Å². The Morgan fingerprint density at radius 2 is 2.18 bits per heavy atom. The molecule has 0 N–H and O–H groups in total. The summed E-state index contributed by atoms with van der Waals surface area (Å²) >= 11 is 3.33. The van der Waals surface area contributed by atoms with Gasteiger partial charge in [0, 0.05) is 34.0 Å². The molecular weight excluding hydrogens is 398 g/mol. The molecule has 1 aromatic carbocycles. The van der Waals surface area contributed by atoms with Gasteiger partial charge < -0.3 is 9.64 Å². The van der Waals surface area contributed by atoms with E-state index in [1.807, 2.05) is 0 Å². The molecule has 1 aliphatic heterocycles. The van der Waals surface area contributed by atoms with Crippen molar-refractivity contribution < 1.29 is 22.7 Å². The van der Waals surface area contributed by atoms with Crippen LogP contribution in [-0.4, -0.2) is 39.7 Å². The number of ether oxygens (including phenoxy) is 1. The molecule has 9 heteroatoms. The SMILES string of the molecule is COC(=O)c1ccc(Br)c(N2CC(CS(=O)(=O)Cl)CC2=O)c1. The van der Waals surface area contributed by atoms with Crippen LogP contribution >= 0.6 is 26.6 Å². The van der Waals surface area contributed by atoms with Gasteiger partial charge in [-0.05, 0) is 34.1 Å². The Bertz CT molecular complexity index is 721. The minimum absolute atomic E-state index is 0.0981. The number of anilines is 1. The first-order valence-electron chi connectivity index (χ1n) is 6.32. The van der Waals surface area contributed by atoms with Crippen molar-refractivity contribution in [3.8, 4) is 0 Å². The van der Waals surface area contributed by atoms with Crippen molar-refractivity contribution in [3.05, 3.63) is 28.2 Å². The highest BCUT2D eigenvalue weighted by atomic mass is 79.9. The van der Waals surface area contributed by atoms with Gasteiger partial charge in [0.05, 0.1) is 24.1 Å². The van der Waals surface area contributed by atoms with Gasteiger partial charge in [-0.25, -0.2) is 13.2 Å². The molecule has 1 fully saturated rings. The number of amides is 1.